The van der Waals surface area contributed by atoms with Crippen molar-refractivity contribution >= 4 is 11.8 Å². The van der Waals surface area contributed by atoms with Gasteiger partial charge in [-0.1, -0.05) is 13.8 Å². The Balaban J connectivity index is 1.99. The van der Waals surface area contributed by atoms with Crippen LogP contribution in [0.5, 0.6) is 0 Å². The summed E-state index contributed by atoms with van der Waals surface area (Å²) in [6.07, 6.45) is 2.58. The Kier molecular flexibility index (Phi) is 4.87. The van der Waals surface area contributed by atoms with Crippen molar-refractivity contribution < 1.29 is 0 Å². The molecule has 2 fully saturated rings. The number of likely N-dealkylation sites (tertiary alicyclic amines) is 1. The summed E-state index contributed by atoms with van der Waals surface area (Å²) in [4.78, 5) is 5.04. The molecule has 0 saturated carbocycles. The number of nitrogens with zero attached hydrogens (tertiary/aromatic N) is 2. The maximum Gasteiger partial charge on any atom is 0.0424 e. The minimum Gasteiger partial charge on any atom is -0.329 e. The molecule has 2 saturated heterocycles. The minimum absolute atomic E-state index is 0.216. The van der Waals surface area contributed by atoms with Crippen LogP contribution in [0.25, 0.3) is 0 Å². The average molecular weight is 286 g/mol. The van der Waals surface area contributed by atoms with Crippen LogP contribution in [0.1, 0.15) is 26.7 Å². The van der Waals surface area contributed by atoms with Gasteiger partial charge in [0.1, 0.15) is 0 Å². The molecule has 0 amide bonds. The highest BCUT2D eigenvalue weighted by atomic mass is 32.2. The van der Waals surface area contributed by atoms with Gasteiger partial charge in [0.2, 0.25) is 0 Å². The molecular weight excluding hydrogens is 254 g/mol. The van der Waals surface area contributed by atoms with Crippen LogP contribution in [0.4, 0.5) is 0 Å². The quantitative estimate of drug-likeness (QED) is 0.853. The molecule has 3 nitrogen and oxygen atoms in total. The molecule has 2 rings (SSSR count). The summed E-state index contributed by atoms with van der Waals surface area (Å²) in [5, 5.41) is 0. The van der Waals surface area contributed by atoms with Crippen molar-refractivity contribution in [1.82, 2.24) is 9.80 Å². The normalized spacial score (nSPS) is 36.0. The fourth-order valence-electron chi connectivity index (χ4n) is 3.80. The second-order valence-electron chi connectivity index (χ2n) is 7.56. The molecule has 19 heavy (non-hydrogen) atoms. The highest BCUT2D eigenvalue weighted by molar-refractivity contribution is 7.99. The van der Waals surface area contributed by atoms with Crippen molar-refractivity contribution in [2.45, 2.75) is 32.2 Å². The fraction of sp³-hybridized carbons (Fsp3) is 1.00. The SMILES string of the molecule is CN1CCC(CN(C)C2(CN)CSCC(C)(C)C2)C1. The highest BCUT2D eigenvalue weighted by Crippen LogP contribution is 2.41. The maximum absolute atomic E-state index is 6.20. The van der Waals surface area contributed by atoms with Crippen molar-refractivity contribution in [1.29, 1.82) is 0 Å². The zero-order valence-corrected chi connectivity index (χ0v) is 13.9. The largest absolute Gasteiger partial charge is 0.329 e. The van der Waals surface area contributed by atoms with E-state index in [-0.39, 0.29) is 5.54 Å². The smallest absolute Gasteiger partial charge is 0.0424 e. The van der Waals surface area contributed by atoms with Gasteiger partial charge in [0.25, 0.3) is 0 Å². The Morgan fingerprint density at radius 2 is 2.11 bits per heavy atom. The lowest BCUT2D eigenvalue weighted by Gasteiger charge is -2.50. The molecule has 0 spiro atoms. The van der Waals surface area contributed by atoms with Crippen LogP contribution in [0.3, 0.4) is 0 Å². The summed E-state index contributed by atoms with van der Waals surface area (Å²) in [5.41, 5.74) is 6.83. The van der Waals surface area contributed by atoms with Crippen LogP contribution in [-0.2, 0) is 0 Å². The molecular formula is C15H31N3S. The van der Waals surface area contributed by atoms with E-state index >= 15 is 0 Å². The van der Waals surface area contributed by atoms with Gasteiger partial charge >= 0.3 is 0 Å². The third-order valence-corrected chi connectivity index (χ3v) is 6.61. The molecule has 0 aromatic carbocycles. The van der Waals surface area contributed by atoms with Crippen LogP contribution in [0, 0.1) is 11.3 Å². The fourth-order valence-corrected chi connectivity index (χ4v) is 5.38. The first-order valence-corrected chi connectivity index (χ1v) is 8.70. The molecule has 0 aliphatic carbocycles. The third kappa shape index (κ3) is 3.66. The molecule has 2 aliphatic heterocycles. The van der Waals surface area contributed by atoms with E-state index in [0.717, 1.165) is 12.5 Å². The lowest BCUT2D eigenvalue weighted by Crippen LogP contribution is -2.59. The minimum atomic E-state index is 0.216. The molecule has 0 aromatic rings. The van der Waals surface area contributed by atoms with Crippen molar-refractivity contribution in [3.8, 4) is 0 Å². The second-order valence-corrected chi connectivity index (χ2v) is 8.55. The number of rotatable bonds is 4. The number of hydrogen-bond acceptors (Lipinski definition) is 4. The van der Waals surface area contributed by atoms with E-state index in [1.807, 2.05) is 0 Å². The Labute approximate surface area is 123 Å². The standard InChI is InChI=1S/C15H31N3S/c1-14(2)9-15(10-16,12-19-11-14)18(4)8-13-5-6-17(3)7-13/h13H,5-12,16H2,1-4H3. The van der Waals surface area contributed by atoms with E-state index in [0.29, 0.717) is 5.41 Å². The molecule has 2 aliphatic rings. The Morgan fingerprint density at radius 3 is 2.63 bits per heavy atom. The first-order chi connectivity index (χ1) is 8.87. The number of hydrogen-bond donors (Lipinski definition) is 1. The van der Waals surface area contributed by atoms with Gasteiger partial charge in [0.05, 0.1) is 0 Å². The molecule has 4 heteroatoms. The van der Waals surface area contributed by atoms with Gasteiger partial charge in [-0.2, -0.15) is 11.8 Å². The predicted octanol–water partition coefficient (Wildman–Crippen LogP) is 1.73. The second kappa shape index (κ2) is 5.92. The van der Waals surface area contributed by atoms with Crippen LogP contribution >= 0.6 is 11.8 Å². The lowest BCUT2D eigenvalue weighted by atomic mass is 9.78. The first-order valence-electron chi connectivity index (χ1n) is 7.54. The van der Waals surface area contributed by atoms with Crippen LogP contribution in [-0.4, -0.2) is 67.1 Å². The summed E-state index contributed by atoms with van der Waals surface area (Å²) in [6.45, 7) is 9.29. The van der Waals surface area contributed by atoms with Crippen molar-refractivity contribution in [3.63, 3.8) is 0 Å². The number of nitrogens with two attached hydrogens (primary N) is 1. The number of likely N-dealkylation sites (N-methyl/N-ethyl adjacent to an activating group) is 1. The van der Waals surface area contributed by atoms with Gasteiger partial charge in [-0.3, -0.25) is 4.90 Å². The summed E-state index contributed by atoms with van der Waals surface area (Å²) in [6, 6.07) is 0. The summed E-state index contributed by atoms with van der Waals surface area (Å²) in [5.74, 6) is 3.30. The van der Waals surface area contributed by atoms with Gasteiger partial charge in [-0.25, -0.2) is 0 Å². The molecule has 2 heterocycles. The van der Waals surface area contributed by atoms with Crippen LogP contribution < -0.4 is 5.73 Å². The molecule has 0 bridgehead atoms. The molecule has 112 valence electrons. The topological polar surface area (TPSA) is 32.5 Å². The van der Waals surface area contributed by atoms with Gasteiger partial charge < -0.3 is 10.6 Å². The predicted molar refractivity (Wildman–Crippen MR) is 85.7 cm³/mol. The molecule has 0 aromatic heterocycles. The zero-order valence-electron chi connectivity index (χ0n) is 13.1. The van der Waals surface area contributed by atoms with Crippen molar-refractivity contribution in [3.05, 3.63) is 0 Å². The zero-order chi connectivity index (χ0) is 14.1. The van der Waals surface area contributed by atoms with Gasteiger partial charge in [-0.05, 0) is 50.6 Å². The summed E-state index contributed by atoms with van der Waals surface area (Å²) < 4.78 is 0. The van der Waals surface area contributed by atoms with Crippen molar-refractivity contribution in [2.24, 2.45) is 17.1 Å². The Bertz CT molecular complexity index is 308. The van der Waals surface area contributed by atoms with E-state index < -0.39 is 0 Å². The maximum atomic E-state index is 6.20. The van der Waals surface area contributed by atoms with Gasteiger partial charge in [0, 0.05) is 30.9 Å². The van der Waals surface area contributed by atoms with E-state index in [1.165, 1.54) is 44.0 Å². The lowest BCUT2D eigenvalue weighted by molar-refractivity contribution is 0.0796. The summed E-state index contributed by atoms with van der Waals surface area (Å²) >= 11 is 2.09. The van der Waals surface area contributed by atoms with E-state index in [4.69, 9.17) is 5.73 Å². The van der Waals surface area contributed by atoms with Gasteiger partial charge in [0.15, 0.2) is 0 Å². The summed E-state index contributed by atoms with van der Waals surface area (Å²) in [7, 11) is 4.53. The van der Waals surface area contributed by atoms with E-state index in [2.05, 4.69) is 49.5 Å². The molecule has 2 N–H and O–H groups in total. The van der Waals surface area contributed by atoms with Gasteiger partial charge in [-0.15, -0.1) is 0 Å². The Morgan fingerprint density at radius 1 is 1.37 bits per heavy atom. The molecule has 0 radical (unpaired) electrons. The van der Waals surface area contributed by atoms with E-state index in [1.54, 1.807) is 0 Å². The van der Waals surface area contributed by atoms with Crippen molar-refractivity contribution in [2.75, 3.05) is 51.8 Å². The molecule has 2 atom stereocenters. The Hall–Kier alpha value is 0.230. The highest BCUT2D eigenvalue weighted by Gasteiger charge is 2.43. The van der Waals surface area contributed by atoms with Crippen LogP contribution in [0.15, 0.2) is 0 Å². The first kappa shape index (κ1) is 15.6. The number of thioether (sulfide) groups is 1. The third-order valence-electron chi connectivity index (χ3n) is 4.88. The van der Waals surface area contributed by atoms with Crippen LogP contribution in [0.2, 0.25) is 0 Å². The average Bonchev–Trinajstić information content (AvgIpc) is 2.73. The molecule has 2 unspecified atom stereocenters. The monoisotopic (exact) mass is 285 g/mol. The van der Waals surface area contributed by atoms with E-state index in [9.17, 15) is 0 Å².